The third kappa shape index (κ3) is 3.33. The van der Waals surface area contributed by atoms with E-state index in [0.29, 0.717) is 10.6 Å². The van der Waals surface area contributed by atoms with Gasteiger partial charge in [-0.1, -0.05) is 11.3 Å². The molecule has 0 radical (unpaired) electrons. The van der Waals surface area contributed by atoms with Gasteiger partial charge in [-0.05, 0) is 20.8 Å². The van der Waals surface area contributed by atoms with Gasteiger partial charge in [0.15, 0.2) is 5.13 Å². The second kappa shape index (κ2) is 6.57. The molecule has 2 aromatic heterocycles. The number of carbonyl (C=O) groups excluding carboxylic acids is 1. The fourth-order valence-electron chi connectivity index (χ4n) is 1.90. The van der Waals surface area contributed by atoms with Gasteiger partial charge in [0.1, 0.15) is 10.7 Å². The molecule has 21 heavy (non-hydrogen) atoms. The van der Waals surface area contributed by atoms with Crippen molar-refractivity contribution in [1.29, 1.82) is 0 Å². The third-order valence-corrected chi connectivity index (χ3v) is 4.23. The average molecular weight is 308 g/mol. The third-order valence-electron chi connectivity index (χ3n) is 3.10. The summed E-state index contributed by atoms with van der Waals surface area (Å²) in [6.45, 7) is 8.47. The maximum absolute atomic E-state index is 12.3. The van der Waals surface area contributed by atoms with Crippen molar-refractivity contribution in [3.63, 3.8) is 0 Å². The number of rotatable bonds is 6. The topological polar surface area (TPSA) is 89.1 Å². The zero-order valence-corrected chi connectivity index (χ0v) is 13.3. The Morgan fingerprint density at radius 2 is 2.14 bits per heavy atom. The van der Waals surface area contributed by atoms with Crippen LogP contribution in [0.4, 0.5) is 16.6 Å². The van der Waals surface area contributed by atoms with E-state index in [0.717, 1.165) is 24.8 Å². The molecule has 0 atom stereocenters. The number of hydrogen-bond donors (Lipinski definition) is 2. The molecule has 8 heteroatoms. The fraction of sp³-hybridized carbons (Fsp3) is 0.462. The van der Waals surface area contributed by atoms with Crippen LogP contribution in [0.3, 0.4) is 0 Å². The average Bonchev–Trinajstić information content (AvgIpc) is 3.07. The lowest BCUT2D eigenvalue weighted by Gasteiger charge is -2.16. The second-order valence-corrected chi connectivity index (χ2v) is 5.40. The molecular formula is C13H20N6OS. The first kappa shape index (κ1) is 15.3. The highest BCUT2D eigenvalue weighted by Crippen LogP contribution is 2.28. The maximum atomic E-state index is 12.3. The molecule has 0 aromatic carbocycles. The first-order chi connectivity index (χ1) is 10.1. The molecule has 2 aromatic rings. The predicted octanol–water partition coefficient (Wildman–Crippen LogP) is 2.04. The maximum Gasteiger partial charge on any atom is 0.269 e. The summed E-state index contributed by atoms with van der Waals surface area (Å²) in [6, 6.07) is 0. The van der Waals surface area contributed by atoms with E-state index >= 15 is 0 Å². The second-order valence-electron chi connectivity index (χ2n) is 4.42. The van der Waals surface area contributed by atoms with E-state index in [1.807, 2.05) is 20.8 Å². The van der Waals surface area contributed by atoms with E-state index in [2.05, 4.69) is 20.3 Å². The Hall–Kier alpha value is -2.09. The number of nitrogen functional groups attached to an aromatic ring is 1. The first-order valence-electron chi connectivity index (χ1n) is 6.94. The van der Waals surface area contributed by atoms with Crippen molar-refractivity contribution >= 4 is 33.9 Å². The molecule has 0 bridgehead atoms. The van der Waals surface area contributed by atoms with Crippen molar-refractivity contribution in [2.45, 2.75) is 27.3 Å². The quantitative estimate of drug-likeness (QED) is 0.852. The van der Waals surface area contributed by atoms with E-state index in [1.165, 1.54) is 11.3 Å². The molecule has 0 aliphatic heterocycles. The van der Waals surface area contributed by atoms with Gasteiger partial charge in [0.25, 0.3) is 5.91 Å². The van der Waals surface area contributed by atoms with E-state index in [-0.39, 0.29) is 11.7 Å². The van der Waals surface area contributed by atoms with Crippen molar-refractivity contribution in [2.75, 3.05) is 29.0 Å². The van der Waals surface area contributed by atoms with Crippen molar-refractivity contribution < 1.29 is 4.79 Å². The van der Waals surface area contributed by atoms with Crippen LogP contribution in [0.5, 0.6) is 0 Å². The number of carbonyl (C=O) groups is 1. The lowest BCUT2D eigenvalue weighted by atomic mass is 10.4. The van der Waals surface area contributed by atoms with Crippen molar-refractivity contribution in [2.24, 2.45) is 0 Å². The van der Waals surface area contributed by atoms with Gasteiger partial charge in [-0.2, -0.15) is 5.10 Å². The summed E-state index contributed by atoms with van der Waals surface area (Å²) >= 11 is 1.31. The Kier molecular flexibility index (Phi) is 4.79. The Balaban J connectivity index is 2.15. The number of nitrogens with zero attached hydrogens (tertiary/aromatic N) is 4. The highest BCUT2D eigenvalue weighted by atomic mass is 32.1. The molecule has 3 N–H and O–H groups in total. The van der Waals surface area contributed by atoms with Crippen LogP contribution in [0, 0.1) is 0 Å². The van der Waals surface area contributed by atoms with Gasteiger partial charge in [0, 0.05) is 25.8 Å². The van der Waals surface area contributed by atoms with Crippen molar-refractivity contribution in [3.05, 3.63) is 17.3 Å². The zero-order valence-electron chi connectivity index (χ0n) is 12.5. The Labute approximate surface area is 127 Å². The Bertz CT molecular complexity index is 616. The highest BCUT2D eigenvalue weighted by Gasteiger charge is 2.19. The molecule has 7 nitrogen and oxygen atoms in total. The Morgan fingerprint density at radius 1 is 1.43 bits per heavy atom. The number of aryl methyl sites for hydroxylation is 1. The predicted molar refractivity (Wildman–Crippen MR) is 85.9 cm³/mol. The SMILES string of the molecule is CCN(CC)c1nc(N)c(C(=O)Nc2cnn(CC)c2)s1. The minimum Gasteiger partial charge on any atom is -0.382 e. The molecule has 0 unspecified atom stereocenters. The van der Waals surface area contributed by atoms with Crippen LogP contribution >= 0.6 is 11.3 Å². The number of nitrogens with one attached hydrogen (secondary N) is 1. The molecule has 114 valence electrons. The monoisotopic (exact) mass is 308 g/mol. The molecular weight excluding hydrogens is 288 g/mol. The van der Waals surface area contributed by atoms with Crippen LogP contribution in [0.2, 0.25) is 0 Å². The van der Waals surface area contributed by atoms with Crippen LogP contribution in [0.15, 0.2) is 12.4 Å². The number of thiazole rings is 1. The summed E-state index contributed by atoms with van der Waals surface area (Å²) in [5, 5.41) is 7.68. The van der Waals surface area contributed by atoms with Crippen LogP contribution in [0.1, 0.15) is 30.4 Å². The molecule has 2 heterocycles. The molecule has 0 aliphatic carbocycles. The summed E-state index contributed by atoms with van der Waals surface area (Å²) in [6.07, 6.45) is 3.39. The van der Waals surface area contributed by atoms with Crippen molar-refractivity contribution in [1.82, 2.24) is 14.8 Å². The van der Waals surface area contributed by atoms with Crippen LogP contribution < -0.4 is 16.0 Å². The molecule has 0 saturated carbocycles. The van der Waals surface area contributed by atoms with Gasteiger partial charge in [-0.3, -0.25) is 9.48 Å². The zero-order chi connectivity index (χ0) is 15.4. The Morgan fingerprint density at radius 3 is 2.71 bits per heavy atom. The van der Waals surface area contributed by atoms with Crippen molar-refractivity contribution in [3.8, 4) is 0 Å². The number of anilines is 3. The molecule has 0 aliphatic rings. The number of aromatic nitrogens is 3. The fourth-order valence-corrected chi connectivity index (χ4v) is 2.91. The summed E-state index contributed by atoms with van der Waals surface area (Å²) < 4.78 is 1.74. The smallest absolute Gasteiger partial charge is 0.269 e. The lowest BCUT2D eigenvalue weighted by molar-refractivity contribution is 0.103. The summed E-state index contributed by atoms with van der Waals surface area (Å²) in [5.41, 5.74) is 6.52. The van der Waals surface area contributed by atoms with Gasteiger partial charge in [-0.15, -0.1) is 0 Å². The normalized spacial score (nSPS) is 10.6. The number of nitrogens with two attached hydrogens (primary N) is 1. The molecule has 1 amide bonds. The molecule has 2 rings (SSSR count). The van der Waals surface area contributed by atoms with Gasteiger partial charge in [0.05, 0.1) is 11.9 Å². The van der Waals surface area contributed by atoms with Crippen LogP contribution in [-0.2, 0) is 6.54 Å². The minimum atomic E-state index is -0.251. The van der Waals surface area contributed by atoms with Crippen LogP contribution in [-0.4, -0.2) is 33.8 Å². The number of hydrogen-bond acceptors (Lipinski definition) is 6. The van der Waals surface area contributed by atoms with E-state index < -0.39 is 0 Å². The molecule has 0 saturated heterocycles. The van der Waals surface area contributed by atoms with Gasteiger partial charge in [-0.25, -0.2) is 4.98 Å². The summed E-state index contributed by atoms with van der Waals surface area (Å²) in [7, 11) is 0. The standard InChI is InChI=1S/C13H20N6OS/c1-4-18(5-2)13-17-11(14)10(21-13)12(20)16-9-7-15-19(6-3)8-9/h7-8H,4-6,14H2,1-3H3,(H,16,20). The summed E-state index contributed by atoms with van der Waals surface area (Å²) in [4.78, 5) is 19.0. The molecule has 0 fully saturated rings. The highest BCUT2D eigenvalue weighted by molar-refractivity contribution is 7.18. The van der Waals surface area contributed by atoms with Gasteiger partial charge in [0.2, 0.25) is 0 Å². The van der Waals surface area contributed by atoms with E-state index in [1.54, 1.807) is 17.1 Å². The minimum absolute atomic E-state index is 0.251. The van der Waals surface area contributed by atoms with Gasteiger partial charge < -0.3 is 16.0 Å². The van der Waals surface area contributed by atoms with Gasteiger partial charge >= 0.3 is 0 Å². The van der Waals surface area contributed by atoms with E-state index in [4.69, 9.17) is 5.73 Å². The van der Waals surface area contributed by atoms with E-state index in [9.17, 15) is 4.79 Å². The lowest BCUT2D eigenvalue weighted by Crippen LogP contribution is -2.21. The molecule has 0 spiro atoms. The number of amides is 1. The first-order valence-corrected chi connectivity index (χ1v) is 7.75. The van der Waals surface area contributed by atoms with Crippen LogP contribution in [0.25, 0.3) is 0 Å². The largest absolute Gasteiger partial charge is 0.382 e. The summed E-state index contributed by atoms with van der Waals surface area (Å²) in [5.74, 6) is 0.0151.